The number of hydrogen-bond acceptors (Lipinski definition) is 2. The lowest BCUT2D eigenvalue weighted by Gasteiger charge is -2.10. The van der Waals surface area contributed by atoms with Gasteiger partial charge in [0.1, 0.15) is 0 Å². The monoisotopic (exact) mass is 349 g/mol. The molecule has 25 heavy (non-hydrogen) atoms. The second-order valence-electron chi connectivity index (χ2n) is 5.69. The Bertz CT molecular complexity index is 738. The van der Waals surface area contributed by atoms with Crippen molar-refractivity contribution in [1.82, 2.24) is 0 Å². The number of carbonyl (C=O) groups is 1. The molecule has 0 unspecified atom stereocenters. The van der Waals surface area contributed by atoms with E-state index >= 15 is 0 Å². The van der Waals surface area contributed by atoms with Crippen molar-refractivity contribution < 1.29 is 22.6 Å². The molecule has 0 bridgehead atoms. The van der Waals surface area contributed by atoms with Gasteiger partial charge in [-0.25, -0.2) is 0 Å². The van der Waals surface area contributed by atoms with Crippen molar-refractivity contribution in [2.45, 2.75) is 33.0 Å². The number of carbonyl (C=O) groups excluding carboxylic acids is 1. The molecule has 1 aliphatic rings. The molecule has 0 aromatic heterocycles. The predicted octanol–water partition coefficient (Wildman–Crippen LogP) is 3.99. The first-order valence-electron chi connectivity index (χ1n) is 7.92. The van der Waals surface area contributed by atoms with Crippen LogP contribution < -0.4 is 10.8 Å². The molecule has 0 spiro atoms. The Morgan fingerprint density at radius 3 is 2.72 bits per heavy atom. The van der Waals surface area contributed by atoms with Gasteiger partial charge in [-0.05, 0) is 35.7 Å². The minimum absolute atomic E-state index is 0.0527. The van der Waals surface area contributed by atoms with E-state index in [1.807, 2.05) is 19.0 Å². The summed E-state index contributed by atoms with van der Waals surface area (Å²) >= 11 is 0. The minimum atomic E-state index is -4.41. The molecule has 1 heterocycles. The smallest absolute Gasteiger partial charge is 0.412 e. The molecule has 1 amide bonds. The molecule has 1 aromatic rings. The number of allylic oxidation sites excluding steroid dienone is 3. The molecule has 3 nitrogen and oxygen atoms in total. The molecule has 0 atom stereocenters. The molecule has 0 fully saturated rings. The Morgan fingerprint density at radius 2 is 2.12 bits per heavy atom. The van der Waals surface area contributed by atoms with Crippen molar-refractivity contribution in [3.05, 3.63) is 59.7 Å². The summed E-state index contributed by atoms with van der Waals surface area (Å²) in [7, 11) is 0. The number of benzene rings is 1. The molecule has 1 N–H and O–H groups in total. The Balaban J connectivity index is 2.18. The van der Waals surface area contributed by atoms with Crippen LogP contribution in [-0.2, 0) is 16.1 Å². The Kier molecular flexibility index (Phi) is 5.90. The maximum Gasteiger partial charge on any atom is 0.412 e. The molecule has 0 saturated carbocycles. The number of halogens is 3. The van der Waals surface area contributed by atoms with Gasteiger partial charge in [-0.3, -0.25) is 4.79 Å². The summed E-state index contributed by atoms with van der Waals surface area (Å²) in [5.41, 5.74) is 1.96. The number of hydrogen-bond donors (Lipinski definition) is 1. The fourth-order valence-electron chi connectivity index (χ4n) is 2.53. The molecule has 7 heteroatoms. The maximum atomic E-state index is 12.8. The molecule has 1 aromatic carbocycles. The van der Waals surface area contributed by atoms with Crippen molar-refractivity contribution in [2.24, 2.45) is 0 Å². The van der Waals surface area contributed by atoms with Crippen LogP contribution in [0.25, 0.3) is 0 Å². The molecule has 132 valence electrons. The summed E-state index contributed by atoms with van der Waals surface area (Å²) in [5, 5.41) is 2.68. The van der Waals surface area contributed by atoms with Gasteiger partial charge in [-0.1, -0.05) is 38.5 Å². The normalized spacial score (nSPS) is 15.2. The number of rotatable bonds is 5. The van der Waals surface area contributed by atoms with Crippen LogP contribution in [0.4, 0.5) is 18.9 Å². The molecular formula is C18H19BF3NO2. The summed E-state index contributed by atoms with van der Waals surface area (Å²) in [5.74, 6) is -0.518. The first kappa shape index (κ1) is 19.1. The van der Waals surface area contributed by atoms with Crippen LogP contribution in [-0.4, -0.2) is 19.0 Å². The number of nitrogens with one attached hydrogen (secondary N) is 1. The van der Waals surface area contributed by atoms with Gasteiger partial charge >= 0.3 is 13.1 Å². The van der Waals surface area contributed by atoms with Gasteiger partial charge in [-0.2, -0.15) is 13.2 Å². The third-order valence-electron chi connectivity index (χ3n) is 4.02. The highest BCUT2D eigenvalue weighted by molar-refractivity contribution is 6.67. The van der Waals surface area contributed by atoms with E-state index < -0.39 is 17.7 Å². The molecule has 0 saturated heterocycles. The van der Waals surface area contributed by atoms with Crippen molar-refractivity contribution >= 4 is 24.0 Å². The zero-order valence-electron chi connectivity index (χ0n) is 14.1. The third-order valence-corrected chi connectivity index (χ3v) is 4.02. The second-order valence-corrected chi connectivity index (χ2v) is 5.69. The fourth-order valence-corrected chi connectivity index (χ4v) is 2.53. The Labute approximate surface area is 145 Å². The Morgan fingerprint density at radius 1 is 1.40 bits per heavy atom. The van der Waals surface area contributed by atoms with Crippen LogP contribution in [0.15, 0.2) is 54.2 Å². The van der Waals surface area contributed by atoms with Crippen molar-refractivity contribution in [3.63, 3.8) is 0 Å². The van der Waals surface area contributed by atoms with Crippen molar-refractivity contribution in [3.8, 4) is 0 Å². The first-order chi connectivity index (χ1) is 11.8. The van der Waals surface area contributed by atoms with Gasteiger partial charge < -0.3 is 9.97 Å². The van der Waals surface area contributed by atoms with Gasteiger partial charge in [0.05, 0.1) is 6.61 Å². The fraction of sp³-hybridized carbons (Fsp3) is 0.278. The molecular weight excluding hydrogens is 330 g/mol. The average Bonchev–Trinajstić information content (AvgIpc) is 2.91. The predicted molar refractivity (Wildman–Crippen MR) is 93.8 cm³/mol. The quantitative estimate of drug-likeness (QED) is 0.496. The van der Waals surface area contributed by atoms with E-state index in [0.29, 0.717) is 12.3 Å². The number of alkyl halides is 3. The van der Waals surface area contributed by atoms with Crippen LogP contribution in [0.3, 0.4) is 0 Å². The van der Waals surface area contributed by atoms with Crippen LogP contribution in [0.1, 0.15) is 18.9 Å². The van der Waals surface area contributed by atoms with E-state index in [0.717, 1.165) is 23.2 Å². The van der Waals surface area contributed by atoms with Crippen LogP contribution >= 0.6 is 0 Å². The summed E-state index contributed by atoms with van der Waals surface area (Å²) in [4.78, 5) is 12.3. The van der Waals surface area contributed by atoms with Gasteiger partial charge in [-0.15, -0.1) is 0 Å². The van der Waals surface area contributed by atoms with Gasteiger partial charge in [0.2, 0.25) is 0 Å². The Hall–Kier alpha value is -2.28. The summed E-state index contributed by atoms with van der Waals surface area (Å²) in [6, 6.07) is 5.42. The highest BCUT2D eigenvalue weighted by atomic mass is 19.4. The van der Waals surface area contributed by atoms with E-state index in [1.165, 1.54) is 13.0 Å². The molecule has 2 rings (SSSR count). The average molecular weight is 349 g/mol. The van der Waals surface area contributed by atoms with Crippen molar-refractivity contribution in [1.29, 1.82) is 0 Å². The SMILES string of the molecule is C=CC(=CC=C(CC)C(F)(F)F)C(=O)Nc1ccc2c(c1)B(C)OC2. The number of fused-ring (bicyclic) bond motifs is 1. The lowest BCUT2D eigenvalue weighted by Crippen LogP contribution is -2.25. The van der Waals surface area contributed by atoms with Crippen molar-refractivity contribution in [2.75, 3.05) is 5.32 Å². The summed E-state index contributed by atoms with van der Waals surface area (Å²) in [6.45, 7) is 7.31. The molecule has 0 radical (unpaired) electrons. The van der Waals surface area contributed by atoms with E-state index in [2.05, 4.69) is 11.9 Å². The standard InChI is InChI=1S/C18H19BF3NO2/c1-4-12(6-8-14(5-2)18(20,21)22)17(24)23-15-9-7-13-11-25-19(3)16(13)10-15/h4,6-10H,1,5,11H2,2-3H3,(H,23,24). The lowest BCUT2D eigenvalue weighted by molar-refractivity contribution is -0.112. The van der Waals surface area contributed by atoms with Gasteiger partial charge in [0.25, 0.3) is 5.91 Å². The van der Waals surface area contributed by atoms with Gasteiger partial charge in [0.15, 0.2) is 0 Å². The van der Waals surface area contributed by atoms with E-state index in [-0.39, 0.29) is 18.9 Å². The number of anilines is 1. The summed E-state index contributed by atoms with van der Waals surface area (Å²) < 4.78 is 43.8. The van der Waals surface area contributed by atoms with E-state index in [9.17, 15) is 18.0 Å². The minimum Gasteiger partial charge on any atom is -0.427 e. The maximum absolute atomic E-state index is 12.8. The highest BCUT2D eigenvalue weighted by Gasteiger charge is 2.31. The van der Waals surface area contributed by atoms with Crippen LogP contribution in [0, 0.1) is 0 Å². The second kappa shape index (κ2) is 7.74. The number of amides is 1. The van der Waals surface area contributed by atoms with Crippen LogP contribution in [0.2, 0.25) is 6.82 Å². The zero-order valence-corrected chi connectivity index (χ0v) is 14.1. The topological polar surface area (TPSA) is 38.3 Å². The highest BCUT2D eigenvalue weighted by Crippen LogP contribution is 2.28. The van der Waals surface area contributed by atoms with E-state index in [1.54, 1.807) is 6.07 Å². The van der Waals surface area contributed by atoms with Crippen LogP contribution in [0.5, 0.6) is 0 Å². The summed E-state index contributed by atoms with van der Waals surface area (Å²) in [6.07, 6.45) is -1.31. The molecule has 1 aliphatic heterocycles. The largest absolute Gasteiger partial charge is 0.427 e. The van der Waals surface area contributed by atoms with Gasteiger partial charge in [0, 0.05) is 16.8 Å². The van der Waals surface area contributed by atoms with E-state index in [4.69, 9.17) is 4.65 Å². The molecule has 0 aliphatic carbocycles. The lowest BCUT2D eigenvalue weighted by atomic mass is 9.64. The zero-order chi connectivity index (χ0) is 18.6. The third kappa shape index (κ3) is 4.63. The first-order valence-corrected chi connectivity index (χ1v) is 7.92.